The summed E-state index contributed by atoms with van der Waals surface area (Å²) in [5.74, 6) is 1.34. The Kier molecular flexibility index (Phi) is 6.50. The minimum absolute atomic E-state index is 0.0224. The van der Waals surface area contributed by atoms with Crippen LogP contribution >= 0.6 is 0 Å². The lowest BCUT2D eigenvalue weighted by molar-refractivity contribution is -0.205. The highest BCUT2D eigenvalue weighted by molar-refractivity contribution is 5.78. The quantitative estimate of drug-likeness (QED) is 0.267. The predicted molar refractivity (Wildman–Crippen MR) is 159 cm³/mol. The van der Waals surface area contributed by atoms with Gasteiger partial charge < -0.3 is 9.47 Å². The molecule has 1 heterocycles. The van der Waals surface area contributed by atoms with Gasteiger partial charge in [-0.3, -0.25) is 4.79 Å². The van der Waals surface area contributed by atoms with E-state index in [1.165, 1.54) is 17.3 Å². The molecule has 0 bridgehead atoms. The molecule has 0 saturated heterocycles. The number of nitrogens with zero attached hydrogens (tertiary/aromatic N) is 2. The zero-order valence-electron chi connectivity index (χ0n) is 26.7. The summed E-state index contributed by atoms with van der Waals surface area (Å²) in [6, 6.07) is 0. The summed E-state index contributed by atoms with van der Waals surface area (Å²) >= 11 is 0. The van der Waals surface area contributed by atoms with Crippen LogP contribution in [0, 0.1) is 50.2 Å². The van der Waals surface area contributed by atoms with E-state index >= 15 is 0 Å². The fraction of sp³-hybridized carbons (Fsp3) is 0.800. The summed E-state index contributed by atoms with van der Waals surface area (Å²) in [6.07, 6.45) is 17.5. The lowest BCUT2D eigenvalue weighted by Gasteiger charge is -2.71. The SMILES string of the molecule is COC(=O)[C@]12CCC(C)(C)C[C@H]1C1=CC[C@@H]3[C@@]4(C)CC[C@H](OC(=O)n5ccnc5)C(C)(C)[C@@H]4CC[C@@]3(C)[C@]1(C)CC2. The minimum atomic E-state index is -0.362. The number of carbonyl (C=O) groups is 2. The van der Waals surface area contributed by atoms with Gasteiger partial charge in [0.05, 0.1) is 12.5 Å². The van der Waals surface area contributed by atoms with E-state index in [2.05, 4.69) is 59.5 Å². The van der Waals surface area contributed by atoms with Crippen molar-refractivity contribution in [2.24, 2.45) is 50.2 Å². The van der Waals surface area contributed by atoms with E-state index in [0.717, 1.165) is 57.8 Å². The van der Waals surface area contributed by atoms with Crippen LogP contribution in [0.3, 0.4) is 0 Å². The number of carbonyl (C=O) groups excluding carboxylic acids is 2. The van der Waals surface area contributed by atoms with E-state index in [9.17, 15) is 9.59 Å². The molecule has 0 spiro atoms. The summed E-state index contributed by atoms with van der Waals surface area (Å²) in [5, 5.41) is 0. The summed E-state index contributed by atoms with van der Waals surface area (Å²) in [7, 11) is 1.58. The summed E-state index contributed by atoms with van der Waals surface area (Å²) < 4.78 is 13.1. The Bertz CT molecular complexity index is 1250. The molecule has 6 rings (SSSR count). The number of hydrogen-bond acceptors (Lipinski definition) is 5. The Morgan fingerprint density at radius 3 is 2.34 bits per heavy atom. The van der Waals surface area contributed by atoms with Crippen LogP contribution in [0.4, 0.5) is 4.79 Å². The molecule has 6 heteroatoms. The summed E-state index contributed by atoms with van der Waals surface area (Å²) in [6.45, 7) is 17.2. The van der Waals surface area contributed by atoms with Crippen molar-refractivity contribution >= 4 is 12.1 Å². The van der Waals surface area contributed by atoms with Crippen LogP contribution in [0.1, 0.15) is 113 Å². The largest absolute Gasteiger partial charge is 0.469 e. The Labute approximate surface area is 247 Å². The van der Waals surface area contributed by atoms with Gasteiger partial charge in [0.25, 0.3) is 0 Å². The zero-order chi connectivity index (χ0) is 29.6. The molecule has 0 aromatic carbocycles. The first-order chi connectivity index (χ1) is 19.1. The molecule has 0 N–H and O–H groups in total. The van der Waals surface area contributed by atoms with E-state index in [-0.39, 0.29) is 56.6 Å². The zero-order valence-corrected chi connectivity index (χ0v) is 26.7. The number of fused-ring (bicyclic) bond motifs is 7. The molecule has 0 aliphatic heterocycles. The number of methoxy groups -OCH3 is 1. The van der Waals surface area contributed by atoms with Crippen molar-refractivity contribution in [2.75, 3.05) is 7.11 Å². The van der Waals surface area contributed by atoms with Crippen LogP contribution < -0.4 is 0 Å². The van der Waals surface area contributed by atoms with E-state index in [1.807, 2.05) is 0 Å². The van der Waals surface area contributed by atoms with Crippen LogP contribution in [0.5, 0.6) is 0 Å². The first-order valence-corrected chi connectivity index (χ1v) is 16.1. The second-order valence-electron chi connectivity index (χ2n) is 16.6. The maximum Gasteiger partial charge on any atom is 0.419 e. The Balaban J connectivity index is 1.34. The van der Waals surface area contributed by atoms with Gasteiger partial charge in [-0.15, -0.1) is 0 Å². The third kappa shape index (κ3) is 3.90. The number of ether oxygens (including phenoxy) is 2. The van der Waals surface area contributed by atoms with Crippen molar-refractivity contribution in [3.05, 3.63) is 30.4 Å². The molecule has 4 saturated carbocycles. The second kappa shape index (κ2) is 9.19. The number of aromatic nitrogens is 2. The maximum absolute atomic E-state index is 13.5. The highest BCUT2D eigenvalue weighted by atomic mass is 16.6. The van der Waals surface area contributed by atoms with Crippen molar-refractivity contribution in [3.8, 4) is 0 Å². The van der Waals surface area contributed by atoms with Gasteiger partial charge in [0, 0.05) is 17.8 Å². The third-order valence-electron chi connectivity index (χ3n) is 14.1. The fourth-order valence-electron chi connectivity index (χ4n) is 11.5. The van der Waals surface area contributed by atoms with Gasteiger partial charge in [-0.1, -0.05) is 60.1 Å². The number of allylic oxidation sites excluding steroid dienone is 2. The highest BCUT2D eigenvalue weighted by Gasteiger charge is 2.69. The van der Waals surface area contributed by atoms with E-state index in [0.29, 0.717) is 11.8 Å². The molecule has 0 radical (unpaired) electrons. The number of rotatable bonds is 2. The van der Waals surface area contributed by atoms with Crippen LogP contribution in [-0.2, 0) is 14.3 Å². The Morgan fingerprint density at radius 2 is 1.66 bits per heavy atom. The van der Waals surface area contributed by atoms with Crippen molar-refractivity contribution < 1.29 is 19.1 Å². The fourth-order valence-corrected chi connectivity index (χ4v) is 11.5. The number of esters is 1. The van der Waals surface area contributed by atoms with Gasteiger partial charge in [-0.2, -0.15) is 0 Å². The lowest BCUT2D eigenvalue weighted by Crippen LogP contribution is -2.65. The van der Waals surface area contributed by atoms with Gasteiger partial charge >= 0.3 is 12.1 Å². The van der Waals surface area contributed by atoms with Gasteiger partial charge in [-0.25, -0.2) is 14.3 Å². The first-order valence-electron chi connectivity index (χ1n) is 16.1. The number of hydrogen-bond donors (Lipinski definition) is 0. The molecule has 5 aliphatic rings. The van der Waals surface area contributed by atoms with Gasteiger partial charge in [0.15, 0.2) is 0 Å². The van der Waals surface area contributed by atoms with Gasteiger partial charge in [0.1, 0.15) is 12.4 Å². The molecule has 41 heavy (non-hydrogen) atoms. The molecule has 5 aliphatic carbocycles. The molecule has 0 amide bonds. The molecule has 1 aromatic rings. The van der Waals surface area contributed by atoms with Gasteiger partial charge in [0.2, 0.25) is 0 Å². The molecule has 1 aromatic heterocycles. The van der Waals surface area contributed by atoms with E-state index < -0.39 is 0 Å². The number of imidazole rings is 1. The molecule has 4 fully saturated rings. The monoisotopic (exact) mass is 564 g/mol. The molecular weight excluding hydrogens is 512 g/mol. The standard InChI is InChI=1S/C35H52N2O4/c1-30(2)15-17-35(28(38)40-8)18-16-33(6)23(24(35)21-30)9-10-26-32(5)13-12-27(41-29(39)37-20-19-36-22-37)31(3,4)25(32)11-14-34(26,33)7/h9,19-20,22,24-27H,10-18,21H2,1-8H3/t24-,25-,26+,27-,32-,33+,34+,35-/m0/s1. The molecule has 6 nitrogen and oxygen atoms in total. The smallest absolute Gasteiger partial charge is 0.419 e. The van der Waals surface area contributed by atoms with E-state index in [4.69, 9.17) is 9.47 Å². The predicted octanol–water partition coefficient (Wildman–Crippen LogP) is 8.21. The van der Waals surface area contributed by atoms with Crippen LogP contribution in [0.25, 0.3) is 0 Å². The Morgan fingerprint density at radius 1 is 0.927 bits per heavy atom. The Hall–Kier alpha value is -2.11. The molecule has 8 atom stereocenters. The van der Waals surface area contributed by atoms with Crippen molar-refractivity contribution in [1.82, 2.24) is 9.55 Å². The average Bonchev–Trinajstić information content (AvgIpc) is 3.45. The maximum atomic E-state index is 13.5. The topological polar surface area (TPSA) is 70.4 Å². The van der Waals surface area contributed by atoms with Crippen molar-refractivity contribution in [3.63, 3.8) is 0 Å². The summed E-state index contributed by atoms with van der Waals surface area (Å²) in [5.41, 5.74) is 1.75. The third-order valence-corrected chi connectivity index (χ3v) is 14.1. The highest BCUT2D eigenvalue weighted by Crippen LogP contribution is 2.76. The van der Waals surface area contributed by atoms with Crippen LogP contribution in [0.2, 0.25) is 0 Å². The normalized spacial score (nSPS) is 44.2. The van der Waals surface area contributed by atoms with Crippen molar-refractivity contribution in [2.45, 2.75) is 119 Å². The first kappa shape index (κ1) is 29.0. The van der Waals surface area contributed by atoms with Gasteiger partial charge in [-0.05, 0) is 104 Å². The average molecular weight is 565 g/mol. The van der Waals surface area contributed by atoms with E-state index in [1.54, 1.807) is 25.1 Å². The summed E-state index contributed by atoms with van der Waals surface area (Å²) in [4.78, 5) is 30.4. The van der Waals surface area contributed by atoms with Crippen molar-refractivity contribution in [1.29, 1.82) is 0 Å². The van der Waals surface area contributed by atoms with Crippen LogP contribution in [-0.4, -0.2) is 34.8 Å². The molecular formula is C35H52N2O4. The second-order valence-corrected chi connectivity index (χ2v) is 16.6. The molecule has 0 unspecified atom stereocenters. The minimum Gasteiger partial charge on any atom is -0.469 e. The van der Waals surface area contributed by atoms with Crippen LogP contribution in [0.15, 0.2) is 30.4 Å². The molecule has 226 valence electrons. The lowest BCUT2D eigenvalue weighted by atomic mass is 9.33.